The average Bonchev–Trinajstić information content (AvgIpc) is 2.27. The summed E-state index contributed by atoms with van der Waals surface area (Å²) in [5, 5.41) is 0. The van der Waals surface area contributed by atoms with Crippen molar-refractivity contribution in [3.8, 4) is 0 Å². The molecule has 1 rings (SSSR count). The van der Waals surface area contributed by atoms with E-state index in [1.54, 1.807) is 13.8 Å². The van der Waals surface area contributed by atoms with Gasteiger partial charge in [-0.3, -0.25) is 0 Å². The first kappa shape index (κ1) is 14.7. The third-order valence-corrected chi connectivity index (χ3v) is 3.21. The van der Waals surface area contributed by atoms with Crippen LogP contribution in [0.15, 0.2) is 11.1 Å². The van der Waals surface area contributed by atoms with Gasteiger partial charge in [-0.15, -0.1) is 0 Å². The van der Waals surface area contributed by atoms with E-state index in [2.05, 4.69) is 0 Å². The molecule has 0 unspecified atom stereocenters. The maximum atomic E-state index is 12.0. The van der Waals surface area contributed by atoms with Crippen molar-refractivity contribution in [1.29, 1.82) is 0 Å². The van der Waals surface area contributed by atoms with Crippen LogP contribution in [-0.4, -0.2) is 25.2 Å². The van der Waals surface area contributed by atoms with Crippen LogP contribution in [0.3, 0.4) is 0 Å². The summed E-state index contributed by atoms with van der Waals surface area (Å²) in [6.07, 6.45) is 2.37. The van der Waals surface area contributed by atoms with E-state index in [9.17, 15) is 9.59 Å². The van der Waals surface area contributed by atoms with Crippen molar-refractivity contribution in [1.82, 2.24) is 0 Å². The van der Waals surface area contributed by atoms with Crippen LogP contribution in [0.2, 0.25) is 0 Å². The molecular formula is C14H22O4. The summed E-state index contributed by atoms with van der Waals surface area (Å²) >= 11 is 0. The van der Waals surface area contributed by atoms with Gasteiger partial charge in [0.15, 0.2) is 0 Å². The number of hydrogen-bond acceptors (Lipinski definition) is 4. The molecule has 0 saturated heterocycles. The van der Waals surface area contributed by atoms with Gasteiger partial charge in [0, 0.05) is 5.57 Å². The fraction of sp³-hybridized carbons (Fsp3) is 0.714. The van der Waals surface area contributed by atoms with E-state index in [0.717, 1.165) is 12.8 Å². The maximum absolute atomic E-state index is 12.0. The molecule has 4 heteroatoms. The second-order valence-corrected chi connectivity index (χ2v) is 5.03. The first-order valence-corrected chi connectivity index (χ1v) is 6.52. The smallest absolute Gasteiger partial charge is 0.335 e. The quantitative estimate of drug-likeness (QED) is 0.724. The largest absolute Gasteiger partial charge is 0.463 e. The lowest BCUT2D eigenvalue weighted by atomic mass is 9.72. The van der Waals surface area contributed by atoms with Crippen LogP contribution < -0.4 is 0 Å². The Kier molecular flexibility index (Phi) is 4.93. The van der Waals surface area contributed by atoms with E-state index in [1.165, 1.54) is 0 Å². The Hall–Kier alpha value is -1.32. The van der Waals surface area contributed by atoms with Gasteiger partial charge in [0.2, 0.25) is 0 Å². The van der Waals surface area contributed by atoms with Crippen molar-refractivity contribution in [3.05, 3.63) is 11.1 Å². The van der Waals surface area contributed by atoms with Gasteiger partial charge in [-0.1, -0.05) is 13.8 Å². The van der Waals surface area contributed by atoms with Crippen LogP contribution in [0.4, 0.5) is 0 Å². The number of carbonyl (C=O) groups excluding carboxylic acids is 2. The first-order valence-electron chi connectivity index (χ1n) is 6.52. The molecule has 0 aromatic rings. The van der Waals surface area contributed by atoms with Gasteiger partial charge < -0.3 is 9.47 Å². The Balaban J connectivity index is 3.16. The number of ether oxygens (including phenoxy) is 2. The highest BCUT2D eigenvalue weighted by Crippen LogP contribution is 2.41. The third-order valence-electron chi connectivity index (χ3n) is 3.21. The van der Waals surface area contributed by atoms with Gasteiger partial charge in [0.25, 0.3) is 0 Å². The molecule has 0 fully saturated rings. The molecular weight excluding hydrogens is 232 g/mol. The molecule has 102 valence electrons. The second-order valence-electron chi connectivity index (χ2n) is 5.03. The van der Waals surface area contributed by atoms with Crippen LogP contribution in [-0.2, 0) is 19.1 Å². The molecule has 1 aliphatic rings. The maximum Gasteiger partial charge on any atom is 0.335 e. The molecule has 0 N–H and O–H groups in total. The van der Waals surface area contributed by atoms with Gasteiger partial charge in [0.05, 0.1) is 18.8 Å². The van der Waals surface area contributed by atoms with Gasteiger partial charge in [-0.05, 0) is 38.5 Å². The van der Waals surface area contributed by atoms with E-state index in [1.807, 2.05) is 13.8 Å². The third kappa shape index (κ3) is 3.12. The van der Waals surface area contributed by atoms with Crippen molar-refractivity contribution < 1.29 is 19.1 Å². The van der Waals surface area contributed by atoms with Crippen molar-refractivity contribution >= 4 is 11.9 Å². The molecule has 0 heterocycles. The van der Waals surface area contributed by atoms with E-state index in [4.69, 9.17) is 9.47 Å². The highest BCUT2D eigenvalue weighted by atomic mass is 16.5. The lowest BCUT2D eigenvalue weighted by Crippen LogP contribution is -2.30. The Morgan fingerprint density at radius 3 is 2.22 bits per heavy atom. The zero-order valence-corrected chi connectivity index (χ0v) is 11.7. The summed E-state index contributed by atoms with van der Waals surface area (Å²) < 4.78 is 10.1. The zero-order valence-electron chi connectivity index (χ0n) is 11.7. The van der Waals surface area contributed by atoms with Crippen LogP contribution >= 0.6 is 0 Å². The number of esters is 2. The number of hydrogen-bond donors (Lipinski definition) is 0. The molecule has 0 radical (unpaired) electrons. The van der Waals surface area contributed by atoms with Crippen molar-refractivity contribution in [3.63, 3.8) is 0 Å². The lowest BCUT2D eigenvalue weighted by molar-refractivity contribution is -0.143. The van der Waals surface area contributed by atoms with E-state index < -0.39 is 0 Å². The molecule has 4 nitrogen and oxygen atoms in total. The molecule has 0 amide bonds. The van der Waals surface area contributed by atoms with Crippen LogP contribution in [0, 0.1) is 5.41 Å². The van der Waals surface area contributed by atoms with E-state index >= 15 is 0 Å². The highest BCUT2D eigenvalue weighted by Gasteiger charge is 2.38. The first-order chi connectivity index (χ1) is 8.44. The SMILES string of the molecule is CCOC(=O)C1=C(C(=O)OCC)C(C)(C)CCC1. The molecule has 0 atom stereocenters. The van der Waals surface area contributed by atoms with Crippen molar-refractivity contribution in [2.75, 3.05) is 13.2 Å². The molecule has 0 aromatic carbocycles. The normalized spacial score (nSPS) is 18.4. The Labute approximate surface area is 108 Å². The summed E-state index contributed by atoms with van der Waals surface area (Å²) in [7, 11) is 0. The number of carbonyl (C=O) groups is 2. The minimum absolute atomic E-state index is 0.314. The molecule has 18 heavy (non-hydrogen) atoms. The fourth-order valence-electron chi connectivity index (χ4n) is 2.39. The fourth-order valence-corrected chi connectivity index (χ4v) is 2.39. The van der Waals surface area contributed by atoms with E-state index in [-0.39, 0.29) is 17.4 Å². The standard InChI is InChI=1S/C14H22O4/c1-5-17-12(15)10-8-7-9-14(3,4)11(10)13(16)18-6-2/h5-9H2,1-4H3. The zero-order chi connectivity index (χ0) is 13.8. The molecule has 1 aliphatic carbocycles. The molecule has 0 bridgehead atoms. The summed E-state index contributed by atoms with van der Waals surface area (Å²) in [5.74, 6) is -0.765. The van der Waals surface area contributed by atoms with Gasteiger partial charge in [0.1, 0.15) is 0 Å². The summed E-state index contributed by atoms with van der Waals surface area (Å²) in [6, 6.07) is 0. The number of rotatable bonds is 4. The Morgan fingerprint density at radius 1 is 1.11 bits per heavy atom. The monoisotopic (exact) mass is 254 g/mol. The van der Waals surface area contributed by atoms with Gasteiger partial charge >= 0.3 is 11.9 Å². The lowest BCUT2D eigenvalue weighted by Gasteiger charge is -2.32. The van der Waals surface area contributed by atoms with E-state index in [0.29, 0.717) is 30.8 Å². The summed E-state index contributed by atoms with van der Waals surface area (Å²) in [4.78, 5) is 24.0. The predicted octanol–water partition coefficient (Wildman–Crippen LogP) is 2.62. The predicted molar refractivity (Wildman–Crippen MR) is 67.9 cm³/mol. The molecule has 0 saturated carbocycles. The van der Waals surface area contributed by atoms with Crippen LogP contribution in [0.25, 0.3) is 0 Å². The van der Waals surface area contributed by atoms with Crippen LogP contribution in [0.5, 0.6) is 0 Å². The topological polar surface area (TPSA) is 52.6 Å². The summed E-state index contributed by atoms with van der Waals surface area (Å²) in [5.41, 5.74) is 0.660. The van der Waals surface area contributed by atoms with Crippen molar-refractivity contribution in [2.24, 2.45) is 5.41 Å². The molecule has 0 aromatic heterocycles. The van der Waals surface area contributed by atoms with Gasteiger partial charge in [-0.2, -0.15) is 0 Å². The summed E-state index contributed by atoms with van der Waals surface area (Å²) in [6.45, 7) is 8.09. The minimum atomic E-state index is -0.384. The Morgan fingerprint density at radius 2 is 1.67 bits per heavy atom. The minimum Gasteiger partial charge on any atom is -0.463 e. The Bertz CT molecular complexity index is 366. The van der Waals surface area contributed by atoms with Gasteiger partial charge in [-0.25, -0.2) is 9.59 Å². The second kappa shape index (κ2) is 6.03. The van der Waals surface area contributed by atoms with Crippen molar-refractivity contribution in [2.45, 2.75) is 47.0 Å². The molecule has 0 aliphatic heterocycles. The average molecular weight is 254 g/mol. The van der Waals surface area contributed by atoms with Crippen LogP contribution in [0.1, 0.15) is 47.0 Å². The highest BCUT2D eigenvalue weighted by molar-refractivity contribution is 6.01. The molecule has 0 spiro atoms.